The standard InChI is InChI=1S/C21H32N2O/c1-16(2)17-7-6-8-18(13-17)19-9-10-22-20(14-19)15-21(24)23-11-4-3-5-12-23/h6-8,13,16,19-20,22H,3-5,9-12,14-15H2,1-2H3. The summed E-state index contributed by atoms with van der Waals surface area (Å²) in [6.45, 7) is 7.45. The molecule has 24 heavy (non-hydrogen) atoms. The molecule has 132 valence electrons. The molecule has 0 radical (unpaired) electrons. The number of carbonyl (C=O) groups excluding carboxylic acids is 1. The Morgan fingerprint density at radius 2 is 2.04 bits per heavy atom. The summed E-state index contributed by atoms with van der Waals surface area (Å²) < 4.78 is 0. The van der Waals surface area contributed by atoms with Crippen molar-refractivity contribution >= 4 is 5.91 Å². The highest BCUT2D eigenvalue weighted by Crippen LogP contribution is 2.30. The third kappa shape index (κ3) is 4.38. The minimum absolute atomic E-state index is 0.334. The molecule has 0 spiro atoms. The van der Waals surface area contributed by atoms with Crippen LogP contribution in [0.15, 0.2) is 24.3 Å². The lowest BCUT2D eigenvalue weighted by Gasteiger charge is -2.33. The van der Waals surface area contributed by atoms with Crippen LogP contribution >= 0.6 is 0 Å². The minimum Gasteiger partial charge on any atom is -0.343 e. The molecule has 3 rings (SSSR count). The van der Waals surface area contributed by atoms with Crippen LogP contribution in [0.3, 0.4) is 0 Å². The van der Waals surface area contributed by atoms with E-state index in [0.717, 1.165) is 26.1 Å². The fourth-order valence-corrected chi connectivity index (χ4v) is 4.12. The van der Waals surface area contributed by atoms with E-state index in [-0.39, 0.29) is 0 Å². The van der Waals surface area contributed by atoms with Crippen LogP contribution in [0.4, 0.5) is 0 Å². The number of carbonyl (C=O) groups is 1. The lowest BCUT2D eigenvalue weighted by molar-refractivity contribution is -0.132. The van der Waals surface area contributed by atoms with Crippen LogP contribution in [0.1, 0.15) is 75.3 Å². The van der Waals surface area contributed by atoms with Gasteiger partial charge in [-0.3, -0.25) is 4.79 Å². The van der Waals surface area contributed by atoms with E-state index in [1.165, 1.54) is 36.8 Å². The molecular weight excluding hydrogens is 296 g/mol. The molecule has 0 bridgehead atoms. The van der Waals surface area contributed by atoms with Crippen LogP contribution in [-0.2, 0) is 4.79 Å². The van der Waals surface area contributed by atoms with Gasteiger partial charge in [0.05, 0.1) is 0 Å². The summed E-state index contributed by atoms with van der Waals surface area (Å²) >= 11 is 0. The number of hydrogen-bond donors (Lipinski definition) is 1. The Morgan fingerprint density at radius 3 is 2.79 bits per heavy atom. The zero-order chi connectivity index (χ0) is 16.9. The number of amides is 1. The van der Waals surface area contributed by atoms with E-state index in [0.29, 0.717) is 30.2 Å². The van der Waals surface area contributed by atoms with Crippen LogP contribution in [0.25, 0.3) is 0 Å². The second kappa shape index (κ2) is 8.15. The first-order valence-corrected chi connectivity index (χ1v) is 9.74. The van der Waals surface area contributed by atoms with Crippen LogP contribution in [-0.4, -0.2) is 36.5 Å². The summed E-state index contributed by atoms with van der Waals surface area (Å²) in [5.41, 5.74) is 2.88. The van der Waals surface area contributed by atoms with Crippen LogP contribution < -0.4 is 5.32 Å². The van der Waals surface area contributed by atoms with Crippen molar-refractivity contribution < 1.29 is 4.79 Å². The monoisotopic (exact) mass is 328 g/mol. The molecule has 0 aromatic heterocycles. The topological polar surface area (TPSA) is 32.3 Å². The SMILES string of the molecule is CC(C)c1cccc(C2CCNC(CC(=O)N3CCCCC3)C2)c1. The van der Waals surface area contributed by atoms with Crippen molar-refractivity contribution in [2.24, 2.45) is 0 Å². The first-order valence-electron chi connectivity index (χ1n) is 9.74. The largest absolute Gasteiger partial charge is 0.343 e. The van der Waals surface area contributed by atoms with Crippen molar-refractivity contribution in [3.63, 3.8) is 0 Å². The molecule has 2 unspecified atom stereocenters. The Hall–Kier alpha value is -1.35. The van der Waals surface area contributed by atoms with Crippen molar-refractivity contribution in [3.05, 3.63) is 35.4 Å². The first-order chi connectivity index (χ1) is 11.6. The van der Waals surface area contributed by atoms with Gasteiger partial charge in [0.15, 0.2) is 0 Å². The Bertz CT molecular complexity index is 549. The number of piperidine rings is 2. The molecule has 0 saturated carbocycles. The zero-order valence-corrected chi connectivity index (χ0v) is 15.3. The third-order valence-electron chi connectivity index (χ3n) is 5.67. The lowest BCUT2D eigenvalue weighted by atomic mass is 9.84. The molecule has 2 aliphatic heterocycles. The van der Waals surface area contributed by atoms with E-state index >= 15 is 0 Å². The van der Waals surface area contributed by atoms with Crippen LogP contribution in [0.5, 0.6) is 0 Å². The quantitative estimate of drug-likeness (QED) is 0.904. The molecule has 2 fully saturated rings. The molecule has 2 aliphatic rings. The summed E-state index contributed by atoms with van der Waals surface area (Å²) in [5.74, 6) is 1.51. The fourth-order valence-electron chi connectivity index (χ4n) is 4.12. The smallest absolute Gasteiger partial charge is 0.224 e. The number of nitrogens with zero attached hydrogens (tertiary/aromatic N) is 1. The highest BCUT2D eigenvalue weighted by atomic mass is 16.2. The predicted octanol–water partition coefficient (Wildman–Crippen LogP) is 4.05. The van der Waals surface area contributed by atoms with Gasteiger partial charge in [-0.1, -0.05) is 38.1 Å². The highest BCUT2D eigenvalue weighted by molar-refractivity contribution is 5.77. The number of likely N-dealkylation sites (tertiary alicyclic amines) is 1. The van der Waals surface area contributed by atoms with Crippen LogP contribution in [0, 0.1) is 0 Å². The maximum absolute atomic E-state index is 12.5. The van der Waals surface area contributed by atoms with E-state index in [2.05, 4.69) is 48.3 Å². The van der Waals surface area contributed by atoms with Gasteiger partial charge in [-0.15, -0.1) is 0 Å². The van der Waals surface area contributed by atoms with E-state index in [9.17, 15) is 4.79 Å². The van der Waals surface area contributed by atoms with Gasteiger partial charge < -0.3 is 10.2 Å². The average Bonchev–Trinajstić information content (AvgIpc) is 2.63. The normalized spacial score (nSPS) is 25.0. The van der Waals surface area contributed by atoms with E-state index in [4.69, 9.17) is 0 Å². The van der Waals surface area contributed by atoms with Crippen molar-refractivity contribution in [1.29, 1.82) is 0 Å². The summed E-state index contributed by atoms with van der Waals surface area (Å²) in [4.78, 5) is 14.6. The number of rotatable bonds is 4. The van der Waals surface area contributed by atoms with Gasteiger partial charge in [-0.05, 0) is 61.6 Å². The molecule has 1 amide bonds. The summed E-state index contributed by atoms with van der Waals surface area (Å²) in [6.07, 6.45) is 6.56. The molecular formula is C21H32N2O. The average molecular weight is 329 g/mol. The Kier molecular flexibility index (Phi) is 5.94. The number of nitrogens with one attached hydrogen (secondary N) is 1. The van der Waals surface area contributed by atoms with Gasteiger partial charge in [0.25, 0.3) is 0 Å². The second-order valence-electron chi connectivity index (χ2n) is 7.84. The van der Waals surface area contributed by atoms with Crippen molar-refractivity contribution in [2.75, 3.05) is 19.6 Å². The van der Waals surface area contributed by atoms with Gasteiger partial charge in [0, 0.05) is 25.6 Å². The maximum Gasteiger partial charge on any atom is 0.224 e. The van der Waals surface area contributed by atoms with E-state index in [1.54, 1.807) is 0 Å². The van der Waals surface area contributed by atoms with E-state index < -0.39 is 0 Å². The number of benzene rings is 1. The van der Waals surface area contributed by atoms with Gasteiger partial charge in [0.2, 0.25) is 5.91 Å². The maximum atomic E-state index is 12.5. The van der Waals surface area contributed by atoms with Crippen molar-refractivity contribution in [3.8, 4) is 0 Å². The Balaban J connectivity index is 1.59. The van der Waals surface area contributed by atoms with Gasteiger partial charge >= 0.3 is 0 Å². The molecule has 2 saturated heterocycles. The summed E-state index contributed by atoms with van der Waals surface area (Å²) in [5, 5.41) is 3.58. The molecule has 1 aromatic rings. The molecule has 2 heterocycles. The van der Waals surface area contributed by atoms with Crippen molar-refractivity contribution in [1.82, 2.24) is 10.2 Å². The molecule has 1 N–H and O–H groups in total. The fraction of sp³-hybridized carbons (Fsp3) is 0.667. The highest BCUT2D eigenvalue weighted by Gasteiger charge is 2.27. The second-order valence-corrected chi connectivity index (χ2v) is 7.84. The van der Waals surface area contributed by atoms with Gasteiger partial charge in [-0.2, -0.15) is 0 Å². The summed E-state index contributed by atoms with van der Waals surface area (Å²) in [7, 11) is 0. The molecule has 1 aromatic carbocycles. The van der Waals surface area contributed by atoms with E-state index in [1.807, 2.05) is 0 Å². The Morgan fingerprint density at radius 1 is 1.25 bits per heavy atom. The first kappa shape index (κ1) is 17.5. The molecule has 2 atom stereocenters. The third-order valence-corrected chi connectivity index (χ3v) is 5.67. The minimum atomic E-state index is 0.334. The number of hydrogen-bond acceptors (Lipinski definition) is 2. The van der Waals surface area contributed by atoms with Crippen LogP contribution in [0.2, 0.25) is 0 Å². The van der Waals surface area contributed by atoms with Gasteiger partial charge in [-0.25, -0.2) is 0 Å². The predicted molar refractivity (Wildman–Crippen MR) is 99.3 cm³/mol. The zero-order valence-electron chi connectivity index (χ0n) is 15.3. The summed E-state index contributed by atoms with van der Waals surface area (Å²) in [6, 6.07) is 9.41. The Labute approximate surface area is 146 Å². The molecule has 0 aliphatic carbocycles. The molecule has 3 nitrogen and oxygen atoms in total. The van der Waals surface area contributed by atoms with Gasteiger partial charge in [0.1, 0.15) is 0 Å². The lowest BCUT2D eigenvalue weighted by Crippen LogP contribution is -2.43. The van der Waals surface area contributed by atoms with Crippen molar-refractivity contribution in [2.45, 2.75) is 70.3 Å². The molecule has 3 heteroatoms.